The van der Waals surface area contributed by atoms with Crippen LogP contribution in [0.4, 0.5) is 13.2 Å². The summed E-state index contributed by atoms with van der Waals surface area (Å²) in [5.74, 6) is -0.741. The number of aromatic nitrogens is 3. The molecule has 9 heteroatoms. The topological polar surface area (TPSA) is 67.9 Å². The quantitative estimate of drug-likeness (QED) is 0.622. The molecule has 0 aliphatic heterocycles. The van der Waals surface area contributed by atoms with Crippen LogP contribution in [0.25, 0.3) is 11.3 Å². The summed E-state index contributed by atoms with van der Waals surface area (Å²) < 4.78 is 43.5. The summed E-state index contributed by atoms with van der Waals surface area (Å²) in [7, 11) is 0. The van der Waals surface area contributed by atoms with E-state index in [1.807, 2.05) is 0 Å². The van der Waals surface area contributed by atoms with E-state index in [0.29, 0.717) is 0 Å². The van der Waals surface area contributed by atoms with Gasteiger partial charge in [-0.25, -0.2) is 4.79 Å². The molecule has 0 bridgehead atoms. The zero-order valence-corrected chi connectivity index (χ0v) is 12.8. The Morgan fingerprint density at radius 1 is 1.38 bits per heavy atom. The highest BCUT2D eigenvalue weighted by Gasteiger charge is 2.34. The molecule has 21 heavy (non-hydrogen) atoms. The molecule has 0 amide bonds. The van der Waals surface area contributed by atoms with E-state index in [1.54, 1.807) is 29.5 Å². The third-order valence-corrected chi connectivity index (χ3v) is 3.74. The van der Waals surface area contributed by atoms with Gasteiger partial charge < -0.3 is 4.74 Å². The van der Waals surface area contributed by atoms with Gasteiger partial charge in [0, 0.05) is 9.13 Å². The Morgan fingerprint density at radius 3 is 2.71 bits per heavy atom. The van der Waals surface area contributed by atoms with Crippen LogP contribution in [-0.2, 0) is 10.9 Å². The van der Waals surface area contributed by atoms with Gasteiger partial charge in [0.15, 0.2) is 5.69 Å². The summed E-state index contributed by atoms with van der Waals surface area (Å²) in [6.07, 6.45) is -4.49. The van der Waals surface area contributed by atoms with Gasteiger partial charge in [-0.3, -0.25) is 0 Å². The van der Waals surface area contributed by atoms with Crippen molar-refractivity contribution in [3.8, 4) is 11.3 Å². The first-order chi connectivity index (χ1) is 9.86. The third-order valence-electron chi connectivity index (χ3n) is 2.58. The predicted octanol–water partition coefficient (Wildman–Crippen LogP) is 3.27. The molecule has 0 spiro atoms. The lowest BCUT2D eigenvalue weighted by Gasteiger charge is -2.11. The Balaban J connectivity index is 2.54. The predicted molar refractivity (Wildman–Crippen MR) is 75.5 cm³/mol. The lowest BCUT2D eigenvalue weighted by molar-refractivity contribution is -0.138. The van der Waals surface area contributed by atoms with Crippen molar-refractivity contribution >= 4 is 28.6 Å². The largest absolute Gasteiger partial charge is 0.461 e. The number of halogens is 4. The van der Waals surface area contributed by atoms with Gasteiger partial charge >= 0.3 is 12.1 Å². The summed E-state index contributed by atoms with van der Waals surface area (Å²) in [5, 5.41) is 9.65. The summed E-state index contributed by atoms with van der Waals surface area (Å²) in [6.45, 7) is 1.75. The summed E-state index contributed by atoms with van der Waals surface area (Å²) in [5.41, 5.74) is -0.737. The van der Waals surface area contributed by atoms with Gasteiger partial charge in [0.1, 0.15) is 5.69 Å². The minimum atomic E-state index is -4.49. The fourth-order valence-corrected chi connectivity index (χ4v) is 2.62. The molecule has 1 aromatic heterocycles. The van der Waals surface area contributed by atoms with Crippen LogP contribution in [0.5, 0.6) is 0 Å². The molecule has 0 atom stereocenters. The molecule has 0 unspecified atom stereocenters. The summed E-state index contributed by atoms with van der Waals surface area (Å²) >= 11 is 1.57. The Kier molecular flexibility index (Phi) is 4.49. The first-order valence-electron chi connectivity index (χ1n) is 5.80. The Hall–Kier alpha value is -1.65. The number of carbonyl (C=O) groups excluding carboxylic acids is 1. The monoisotopic (exact) mass is 411 g/mol. The minimum Gasteiger partial charge on any atom is -0.461 e. The number of H-pyrrole nitrogens is 1. The van der Waals surface area contributed by atoms with Gasteiger partial charge in [-0.15, -0.1) is 5.10 Å². The number of nitrogens with zero attached hydrogens (tertiary/aromatic N) is 2. The van der Waals surface area contributed by atoms with Gasteiger partial charge in [-0.2, -0.15) is 23.5 Å². The van der Waals surface area contributed by atoms with Gasteiger partial charge in [-0.05, 0) is 35.6 Å². The van der Waals surface area contributed by atoms with Crippen LogP contribution in [0.2, 0.25) is 0 Å². The average Bonchev–Trinajstić information content (AvgIpc) is 2.87. The number of rotatable bonds is 3. The fourth-order valence-electron chi connectivity index (χ4n) is 1.69. The zero-order valence-electron chi connectivity index (χ0n) is 10.7. The number of hydrogen-bond acceptors (Lipinski definition) is 4. The van der Waals surface area contributed by atoms with E-state index in [1.165, 1.54) is 12.1 Å². The van der Waals surface area contributed by atoms with Crippen molar-refractivity contribution < 1.29 is 22.7 Å². The van der Waals surface area contributed by atoms with Crippen molar-refractivity contribution in [3.05, 3.63) is 33.0 Å². The summed E-state index contributed by atoms with van der Waals surface area (Å²) in [4.78, 5) is 11.7. The highest BCUT2D eigenvalue weighted by molar-refractivity contribution is 14.1. The Labute approximate surface area is 131 Å². The van der Waals surface area contributed by atoms with Crippen LogP contribution in [-0.4, -0.2) is 28.0 Å². The van der Waals surface area contributed by atoms with E-state index >= 15 is 0 Å². The molecule has 1 N–H and O–H groups in total. The number of benzene rings is 1. The highest BCUT2D eigenvalue weighted by Crippen LogP contribution is 2.37. The molecule has 112 valence electrons. The second-order valence-corrected chi connectivity index (χ2v) is 4.98. The van der Waals surface area contributed by atoms with E-state index < -0.39 is 17.7 Å². The molecule has 0 radical (unpaired) electrons. The molecule has 1 aromatic carbocycles. The fraction of sp³-hybridized carbons (Fsp3) is 0.250. The lowest BCUT2D eigenvalue weighted by atomic mass is 10.1. The Morgan fingerprint density at radius 2 is 2.10 bits per heavy atom. The third kappa shape index (κ3) is 3.17. The van der Waals surface area contributed by atoms with Gasteiger partial charge in [0.2, 0.25) is 0 Å². The van der Waals surface area contributed by atoms with E-state index in [9.17, 15) is 18.0 Å². The van der Waals surface area contributed by atoms with Crippen LogP contribution >= 0.6 is 22.6 Å². The molecule has 0 saturated carbocycles. The van der Waals surface area contributed by atoms with Gasteiger partial charge in [-0.1, -0.05) is 12.1 Å². The smallest absolute Gasteiger partial charge is 0.417 e. The molecule has 1 heterocycles. The van der Waals surface area contributed by atoms with Crippen molar-refractivity contribution in [3.63, 3.8) is 0 Å². The molecule has 0 saturated heterocycles. The highest BCUT2D eigenvalue weighted by atomic mass is 127. The number of alkyl halides is 3. The number of nitrogens with one attached hydrogen (secondary N) is 1. The maximum atomic E-state index is 12.9. The molecule has 0 aliphatic carbocycles. The van der Waals surface area contributed by atoms with Crippen LogP contribution in [0.15, 0.2) is 18.2 Å². The number of esters is 1. The normalized spacial score (nSPS) is 11.5. The molecule has 0 fully saturated rings. The maximum Gasteiger partial charge on any atom is 0.417 e. The maximum absolute atomic E-state index is 12.9. The van der Waals surface area contributed by atoms with E-state index in [-0.39, 0.29) is 27.1 Å². The SMILES string of the molecule is CCOC(=O)c1n[nH]nc1-c1cccc(C(F)(F)F)c1I. The van der Waals surface area contributed by atoms with Crippen molar-refractivity contribution in [1.82, 2.24) is 15.4 Å². The van der Waals surface area contributed by atoms with Crippen molar-refractivity contribution in [1.29, 1.82) is 0 Å². The number of carbonyl (C=O) groups is 1. The van der Waals surface area contributed by atoms with Crippen LogP contribution in [0, 0.1) is 3.57 Å². The number of aromatic amines is 1. The molecular weight excluding hydrogens is 402 g/mol. The number of ether oxygens (including phenoxy) is 1. The van der Waals surface area contributed by atoms with Crippen LogP contribution in [0.3, 0.4) is 0 Å². The zero-order chi connectivity index (χ0) is 15.6. The molecule has 2 aromatic rings. The molecule has 0 aliphatic rings. The summed E-state index contributed by atoms with van der Waals surface area (Å²) in [6, 6.07) is 3.66. The van der Waals surface area contributed by atoms with Crippen molar-refractivity contribution in [2.75, 3.05) is 6.61 Å². The minimum absolute atomic E-state index is 0.0314. The first-order valence-corrected chi connectivity index (χ1v) is 6.88. The molecular formula is C12H9F3IN3O2. The van der Waals surface area contributed by atoms with E-state index in [0.717, 1.165) is 6.07 Å². The van der Waals surface area contributed by atoms with Gasteiger partial charge in [0.25, 0.3) is 0 Å². The van der Waals surface area contributed by atoms with Crippen LogP contribution in [0.1, 0.15) is 23.0 Å². The number of hydrogen-bond donors (Lipinski definition) is 1. The second kappa shape index (κ2) is 6.00. The Bertz CT molecular complexity index is 670. The van der Waals surface area contributed by atoms with E-state index in [2.05, 4.69) is 15.4 Å². The average molecular weight is 411 g/mol. The molecule has 5 nitrogen and oxygen atoms in total. The standard InChI is InChI=1S/C12H9F3IN3O2/c1-2-21-11(20)10-9(17-19-18-10)6-4-3-5-7(8(6)16)12(13,14)15/h3-5H,2H2,1H3,(H,17,18,19). The first kappa shape index (κ1) is 15.7. The van der Waals surface area contributed by atoms with E-state index in [4.69, 9.17) is 4.74 Å². The van der Waals surface area contributed by atoms with Gasteiger partial charge in [0.05, 0.1) is 12.2 Å². The lowest BCUT2D eigenvalue weighted by Crippen LogP contribution is -2.10. The molecule has 2 rings (SSSR count). The van der Waals surface area contributed by atoms with Crippen LogP contribution < -0.4 is 0 Å². The second-order valence-electron chi connectivity index (χ2n) is 3.91. The van der Waals surface area contributed by atoms with Crippen molar-refractivity contribution in [2.45, 2.75) is 13.1 Å². The van der Waals surface area contributed by atoms with Crippen molar-refractivity contribution in [2.24, 2.45) is 0 Å².